The highest BCUT2D eigenvalue weighted by atomic mass is 16.2. The van der Waals surface area contributed by atoms with Crippen LogP contribution in [0.3, 0.4) is 0 Å². The highest BCUT2D eigenvalue weighted by Gasteiger charge is 2.30. The topological polar surface area (TPSA) is 83.7 Å². The number of hydrogen-bond acceptors (Lipinski definition) is 5. The lowest BCUT2D eigenvalue weighted by Crippen LogP contribution is -2.44. The van der Waals surface area contributed by atoms with Gasteiger partial charge in [-0.1, -0.05) is 13.8 Å². The van der Waals surface area contributed by atoms with Crippen LogP contribution in [0.1, 0.15) is 44.3 Å². The number of carbonyl (C=O) groups is 2. The molecule has 0 aliphatic carbocycles. The Morgan fingerprint density at radius 1 is 1.18 bits per heavy atom. The summed E-state index contributed by atoms with van der Waals surface area (Å²) in [5, 5.41) is 13.8. The zero-order valence-corrected chi connectivity index (χ0v) is 13.1. The lowest BCUT2D eigenvalue weighted by Gasteiger charge is -2.29. The van der Waals surface area contributed by atoms with Crippen LogP contribution in [-0.4, -0.2) is 55.8 Å². The van der Waals surface area contributed by atoms with E-state index < -0.39 is 0 Å². The lowest BCUT2D eigenvalue weighted by molar-refractivity contribution is -0.131. The van der Waals surface area contributed by atoms with Crippen molar-refractivity contribution in [1.29, 1.82) is 0 Å². The van der Waals surface area contributed by atoms with Crippen molar-refractivity contribution >= 4 is 17.5 Å². The second-order valence-electron chi connectivity index (χ2n) is 5.97. The van der Waals surface area contributed by atoms with Gasteiger partial charge in [0.25, 0.3) is 5.91 Å². The van der Waals surface area contributed by atoms with Gasteiger partial charge in [-0.25, -0.2) is 5.01 Å². The summed E-state index contributed by atoms with van der Waals surface area (Å²) >= 11 is 0. The molecule has 8 heteroatoms. The van der Waals surface area contributed by atoms with Gasteiger partial charge in [0.1, 0.15) is 11.5 Å². The van der Waals surface area contributed by atoms with Crippen LogP contribution in [0.4, 0.5) is 0 Å². The summed E-state index contributed by atoms with van der Waals surface area (Å²) in [4.78, 5) is 25.7. The number of hydrazone groups is 1. The molecule has 0 atom stereocenters. The maximum atomic E-state index is 12.6. The van der Waals surface area contributed by atoms with E-state index in [-0.39, 0.29) is 11.8 Å². The Balaban J connectivity index is 1.76. The van der Waals surface area contributed by atoms with Crippen molar-refractivity contribution in [2.75, 3.05) is 13.6 Å². The quantitative estimate of drug-likeness (QED) is 0.789. The first-order chi connectivity index (χ1) is 10.5. The van der Waals surface area contributed by atoms with E-state index in [4.69, 9.17) is 0 Å². The van der Waals surface area contributed by atoms with E-state index in [2.05, 4.69) is 33.7 Å². The summed E-state index contributed by atoms with van der Waals surface area (Å²) in [6, 6.07) is 0. The average molecular weight is 304 g/mol. The van der Waals surface area contributed by atoms with Gasteiger partial charge in [-0.05, 0) is 0 Å². The van der Waals surface area contributed by atoms with Crippen molar-refractivity contribution in [2.45, 2.75) is 45.7 Å². The maximum Gasteiger partial charge on any atom is 0.270 e. The molecular weight excluding hydrogens is 284 g/mol. The Kier molecular flexibility index (Phi) is 3.67. The number of rotatable bonds is 2. The Labute approximate surface area is 128 Å². The van der Waals surface area contributed by atoms with E-state index in [0.717, 1.165) is 11.6 Å². The van der Waals surface area contributed by atoms with Gasteiger partial charge < -0.3 is 9.47 Å². The molecule has 3 heterocycles. The van der Waals surface area contributed by atoms with Gasteiger partial charge in [-0.15, -0.1) is 10.2 Å². The van der Waals surface area contributed by atoms with Crippen LogP contribution in [-0.2, 0) is 22.7 Å². The Hall–Kier alpha value is -2.25. The summed E-state index contributed by atoms with van der Waals surface area (Å²) < 4.78 is 2.09. The summed E-state index contributed by atoms with van der Waals surface area (Å²) in [5.41, 5.74) is 0.444. The molecule has 2 aliphatic rings. The molecule has 3 rings (SSSR count). The maximum absolute atomic E-state index is 12.6. The molecule has 0 unspecified atom stereocenters. The smallest absolute Gasteiger partial charge is 0.270 e. The predicted octanol–water partition coefficient (Wildman–Crippen LogP) is 0.352. The number of aromatic nitrogens is 3. The van der Waals surface area contributed by atoms with Crippen LogP contribution in [0.25, 0.3) is 0 Å². The Morgan fingerprint density at radius 3 is 2.64 bits per heavy atom. The summed E-state index contributed by atoms with van der Waals surface area (Å²) in [6.45, 7) is 5.91. The molecule has 0 aromatic carbocycles. The van der Waals surface area contributed by atoms with Crippen LogP contribution in [0.15, 0.2) is 5.10 Å². The molecule has 0 bridgehead atoms. The largest absolute Gasteiger partial charge is 0.328 e. The molecule has 118 valence electrons. The van der Waals surface area contributed by atoms with Crippen LogP contribution >= 0.6 is 0 Å². The first-order valence-electron chi connectivity index (χ1n) is 7.52. The molecule has 0 saturated carbocycles. The summed E-state index contributed by atoms with van der Waals surface area (Å²) in [7, 11) is 1.58. The van der Waals surface area contributed by atoms with Crippen molar-refractivity contribution in [3.8, 4) is 0 Å². The fourth-order valence-corrected chi connectivity index (χ4v) is 2.79. The van der Waals surface area contributed by atoms with E-state index in [9.17, 15) is 9.59 Å². The number of nitrogens with zero attached hydrogens (tertiary/aromatic N) is 6. The van der Waals surface area contributed by atoms with E-state index in [0.29, 0.717) is 44.1 Å². The SMILES string of the molecule is CC(C)c1nnc2n1CCN(C(=O)C1=NN(C)C(=O)CC1)C2. The van der Waals surface area contributed by atoms with Gasteiger partial charge in [-0.2, -0.15) is 5.10 Å². The van der Waals surface area contributed by atoms with E-state index in [1.54, 1.807) is 11.9 Å². The third kappa shape index (κ3) is 2.49. The van der Waals surface area contributed by atoms with Gasteiger partial charge >= 0.3 is 0 Å². The highest BCUT2D eigenvalue weighted by Crippen LogP contribution is 2.19. The molecule has 0 spiro atoms. The van der Waals surface area contributed by atoms with Crippen molar-refractivity contribution in [1.82, 2.24) is 24.7 Å². The lowest BCUT2D eigenvalue weighted by atomic mass is 10.1. The van der Waals surface area contributed by atoms with E-state index in [1.807, 2.05) is 0 Å². The molecular formula is C14H20N6O2. The van der Waals surface area contributed by atoms with Crippen LogP contribution < -0.4 is 0 Å². The van der Waals surface area contributed by atoms with Gasteiger partial charge in [0, 0.05) is 38.9 Å². The second-order valence-corrected chi connectivity index (χ2v) is 5.97. The minimum Gasteiger partial charge on any atom is -0.328 e. The predicted molar refractivity (Wildman–Crippen MR) is 79.0 cm³/mol. The van der Waals surface area contributed by atoms with Crippen molar-refractivity contribution in [2.24, 2.45) is 5.10 Å². The average Bonchev–Trinajstić information content (AvgIpc) is 2.92. The molecule has 0 radical (unpaired) electrons. The van der Waals surface area contributed by atoms with Gasteiger partial charge in [-0.3, -0.25) is 9.59 Å². The standard InChI is InChI=1S/C14H20N6O2/c1-9(2)13-16-15-11-8-19(6-7-20(11)13)14(22)10-4-5-12(21)18(3)17-10/h9H,4-8H2,1-3H3. The number of fused-ring (bicyclic) bond motifs is 1. The Bertz CT molecular complexity index is 648. The zero-order valence-electron chi connectivity index (χ0n) is 13.1. The normalized spacial score (nSPS) is 18.5. The zero-order chi connectivity index (χ0) is 15.9. The number of carbonyl (C=O) groups excluding carboxylic acids is 2. The van der Waals surface area contributed by atoms with E-state index >= 15 is 0 Å². The van der Waals surface area contributed by atoms with Crippen LogP contribution in [0, 0.1) is 0 Å². The first-order valence-corrected chi connectivity index (χ1v) is 7.52. The van der Waals surface area contributed by atoms with Crippen molar-refractivity contribution in [3.63, 3.8) is 0 Å². The fourth-order valence-electron chi connectivity index (χ4n) is 2.79. The molecule has 2 aliphatic heterocycles. The third-order valence-electron chi connectivity index (χ3n) is 4.04. The van der Waals surface area contributed by atoms with Crippen molar-refractivity contribution in [3.05, 3.63) is 11.6 Å². The molecule has 2 amide bonds. The van der Waals surface area contributed by atoms with Crippen molar-refractivity contribution < 1.29 is 9.59 Å². The summed E-state index contributed by atoms with van der Waals surface area (Å²) in [5.74, 6) is 1.91. The molecule has 8 nitrogen and oxygen atoms in total. The monoisotopic (exact) mass is 304 g/mol. The minimum atomic E-state index is -0.111. The molecule has 0 saturated heterocycles. The van der Waals surface area contributed by atoms with Gasteiger partial charge in [0.2, 0.25) is 5.91 Å². The molecule has 0 fully saturated rings. The van der Waals surface area contributed by atoms with Crippen LogP contribution in [0.2, 0.25) is 0 Å². The highest BCUT2D eigenvalue weighted by molar-refractivity contribution is 6.39. The second kappa shape index (κ2) is 5.51. The molecule has 1 aromatic heterocycles. The fraction of sp³-hybridized carbons (Fsp3) is 0.643. The molecule has 22 heavy (non-hydrogen) atoms. The van der Waals surface area contributed by atoms with E-state index in [1.165, 1.54) is 5.01 Å². The van der Waals surface area contributed by atoms with Gasteiger partial charge in [0.15, 0.2) is 5.82 Å². The Morgan fingerprint density at radius 2 is 1.95 bits per heavy atom. The molecule has 1 aromatic rings. The summed E-state index contributed by atoms with van der Waals surface area (Å²) in [6.07, 6.45) is 0.741. The molecule has 0 N–H and O–H groups in total. The third-order valence-corrected chi connectivity index (χ3v) is 4.04. The minimum absolute atomic E-state index is 0.0588. The van der Waals surface area contributed by atoms with Gasteiger partial charge in [0.05, 0.1) is 6.54 Å². The number of hydrogen-bond donors (Lipinski definition) is 0. The van der Waals surface area contributed by atoms with Crippen LogP contribution in [0.5, 0.6) is 0 Å². The first kappa shape index (κ1) is 14.7. The number of amides is 2.